The van der Waals surface area contributed by atoms with Gasteiger partial charge in [0.05, 0.1) is 24.4 Å². The second-order valence-corrected chi connectivity index (χ2v) is 36.3. The van der Waals surface area contributed by atoms with Crippen LogP contribution < -0.4 is 37.7 Å². The van der Waals surface area contributed by atoms with Gasteiger partial charge in [-0.2, -0.15) is 0 Å². The van der Waals surface area contributed by atoms with Crippen LogP contribution in [0.4, 0.5) is 0 Å². The molecule has 0 aliphatic heterocycles. The Balaban J connectivity index is 0. The molecular weight excluding hydrogens is 635 g/mol. The van der Waals surface area contributed by atoms with Gasteiger partial charge < -0.3 is 17.7 Å². The standard InChI is InChI=1S/C20H44O2Si2.C17H38O2Si2.2Li/c1-10-13-16-17(14-11-2)19(21-23(4,5)6)20(18(16)15-12-3)22-24(7,8)9;1-9-11-14-13-15(12-10-2)17(19-21(6,7)8)16(14)18-20(3,4)5;;/h16-20H,10-15H2,1-9H3;14-17H,9-13H2,1-8H3;;/q;;2*+1. The van der Waals surface area contributed by atoms with Gasteiger partial charge >= 0.3 is 37.7 Å². The van der Waals surface area contributed by atoms with E-state index in [1.54, 1.807) is 0 Å². The normalized spacial score (nSPS) is 29.9. The summed E-state index contributed by atoms with van der Waals surface area (Å²) < 4.78 is 26.9. The fourth-order valence-electron chi connectivity index (χ4n) is 8.24. The Morgan fingerprint density at radius 1 is 0.362 bits per heavy atom. The summed E-state index contributed by atoms with van der Waals surface area (Å²) in [5.41, 5.74) is 0. The molecule has 0 amide bonds. The predicted octanol–water partition coefficient (Wildman–Crippen LogP) is 6.36. The zero-order chi connectivity index (χ0) is 34.8. The Labute approximate surface area is 324 Å². The minimum absolute atomic E-state index is 0. The van der Waals surface area contributed by atoms with Crippen LogP contribution in [0, 0.1) is 29.6 Å². The number of hydrogen-bond donors (Lipinski definition) is 0. The summed E-state index contributed by atoms with van der Waals surface area (Å²) in [6.45, 7) is 39.5. The van der Waals surface area contributed by atoms with Gasteiger partial charge in [-0.3, -0.25) is 0 Å². The molecule has 0 N–H and O–H groups in total. The van der Waals surface area contributed by atoms with Gasteiger partial charge in [-0.25, -0.2) is 0 Å². The van der Waals surface area contributed by atoms with Gasteiger partial charge in [-0.15, -0.1) is 0 Å². The molecule has 0 bridgehead atoms. The first kappa shape index (κ1) is 51.0. The maximum absolute atomic E-state index is 6.81. The Hall–Kier alpha value is 1.90. The molecule has 47 heavy (non-hydrogen) atoms. The molecule has 0 heterocycles. The van der Waals surface area contributed by atoms with Gasteiger partial charge in [0.1, 0.15) is 0 Å². The summed E-state index contributed by atoms with van der Waals surface area (Å²) in [4.78, 5) is 0. The first-order valence-corrected chi connectivity index (χ1v) is 33.0. The van der Waals surface area contributed by atoms with Crippen molar-refractivity contribution in [1.29, 1.82) is 0 Å². The molecule has 10 heteroatoms. The van der Waals surface area contributed by atoms with Crippen molar-refractivity contribution >= 4 is 33.3 Å². The van der Waals surface area contributed by atoms with E-state index in [1.165, 1.54) is 70.6 Å². The zero-order valence-electron chi connectivity index (χ0n) is 35.6. The van der Waals surface area contributed by atoms with E-state index in [2.05, 4.69) is 113 Å². The van der Waals surface area contributed by atoms with E-state index >= 15 is 0 Å². The molecular formula is C37H82Li2O4Si4+2. The van der Waals surface area contributed by atoms with Crippen molar-refractivity contribution in [1.82, 2.24) is 0 Å². The van der Waals surface area contributed by atoms with Crippen molar-refractivity contribution in [2.45, 2.75) is 208 Å². The second kappa shape index (κ2) is 22.9. The Kier molecular flexibility index (Phi) is 24.8. The Morgan fingerprint density at radius 2 is 0.596 bits per heavy atom. The second-order valence-electron chi connectivity index (χ2n) is 18.5. The molecule has 0 saturated heterocycles. The maximum atomic E-state index is 6.81. The molecule has 0 spiro atoms. The van der Waals surface area contributed by atoms with Crippen LogP contribution in [-0.4, -0.2) is 57.7 Å². The van der Waals surface area contributed by atoms with E-state index in [0.29, 0.717) is 48.1 Å². The first-order valence-electron chi connectivity index (χ1n) is 19.3. The van der Waals surface area contributed by atoms with Gasteiger partial charge in [0.2, 0.25) is 0 Å². The van der Waals surface area contributed by atoms with E-state index in [4.69, 9.17) is 17.7 Å². The molecule has 0 aromatic heterocycles. The number of rotatable bonds is 18. The van der Waals surface area contributed by atoms with Gasteiger partial charge in [-0.05, 0) is 147 Å². The molecule has 2 aliphatic rings. The molecule has 0 radical (unpaired) electrons. The molecule has 2 saturated carbocycles. The van der Waals surface area contributed by atoms with Gasteiger partial charge in [-0.1, -0.05) is 66.7 Å². The van der Waals surface area contributed by atoms with Crippen LogP contribution in [-0.2, 0) is 17.7 Å². The molecule has 8 unspecified atom stereocenters. The Bertz CT molecular complexity index is 748. The summed E-state index contributed by atoms with van der Waals surface area (Å²) in [6.07, 6.45) is 15.5. The zero-order valence-corrected chi connectivity index (χ0v) is 39.6. The molecule has 2 aliphatic carbocycles. The van der Waals surface area contributed by atoms with E-state index < -0.39 is 33.3 Å². The van der Waals surface area contributed by atoms with E-state index in [1.807, 2.05) is 0 Å². The molecule has 8 atom stereocenters. The summed E-state index contributed by atoms with van der Waals surface area (Å²) in [6, 6.07) is 0. The SMILES string of the molecule is CCCC1C(CCC)C(O[Si](C)(C)C)C(O[Si](C)(C)C)C1CCC.CCCC1CC(CCC)C(O[Si](C)(C)C)C1O[Si](C)(C)C.[Li+].[Li+]. The summed E-state index contributed by atoms with van der Waals surface area (Å²) in [5, 5.41) is 0. The van der Waals surface area contributed by atoms with E-state index in [-0.39, 0.29) is 37.7 Å². The fourth-order valence-corrected chi connectivity index (χ4v) is 12.8. The van der Waals surface area contributed by atoms with Crippen LogP contribution in [0.15, 0.2) is 0 Å². The summed E-state index contributed by atoms with van der Waals surface area (Å²) in [7, 11) is -6.21. The average molecular weight is 717 g/mol. The van der Waals surface area contributed by atoms with Crippen molar-refractivity contribution in [2.75, 3.05) is 0 Å². The van der Waals surface area contributed by atoms with Gasteiger partial charge in [0, 0.05) is 0 Å². The minimum Gasteiger partial charge on any atom is -0.412 e. The van der Waals surface area contributed by atoms with Crippen LogP contribution in [0.3, 0.4) is 0 Å². The topological polar surface area (TPSA) is 36.9 Å². The third-order valence-corrected chi connectivity index (χ3v) is 13.2. The molecule has 0 aromatic carbocycles. The summed E-state index contributed by atoms with van der Waals surface area (Å²) >= 11 is 0. The first-order chi connectivity index (χ1) is 20.6. The van der Waals surface area contributed by atoms with Crippen molar-refractivity contribution in [2.24, 2.45) is 29.6 Å². The fraction of sp³-hybridized carbons (Fsp3) is 1.00. The van der Waals surface area contributed by atoms with E-state index in [0.717, 1.165) is 5.92 Å². The maximum Gasteiger partial charge on any atom is 1.00 e. The summed E-state index contributed by atoms with van der Waals surface area (Å²) in [5.74, 6) is 3.59. The minimum atomic E-state index is -1.58. The van der Waals surface area contributed by atoms with Crippen LogP contribution in [0.2, 0.25) is 78.6 Å². The third kappa shape index (κ3) is 19.0. The third-order valence-electron chi connectivity index (χ3n) is 9.27. The van der Waals surface area contributed by atoms with Gasteiger partial charge in [0.15, 0.2) is 33.3 Å². The van der Waals surface area contributed by atoms with Crippen molar-refractivity contribution < 1.29 is 55.4 Å². The molecule has 0 aromatic rings. The van der Waals surface area contributed by atoms with Crippen LogP contribution in [0.25, 0.3) is 0 Å². The quantitative estimate of drug-likeness (QED) is 0.155. The van der Waals surface area contributed by atoms with Crippen molar-refractivity contribution in [3.8, 4) is 0 Å². The molecule has 2 rings (SSSR count). The molecule has 2 fully saturated rings. The van der Waals surface area contributed by atoms with Crippen LogP contribution >= 0.6 is 0 Å². The van der Waals surface area contributed by atoms with Crippen LogP contribution in [0.5, 0.6) is 0 Å². The van der Waals surface area contributed by atoms with Crippen molar-refractivity contribution in [3.05, 3.63) is 0 Å². The smallest absolute Gasteiger partial charge is 0.412 e. The van der Waals surface area contributed by atoms with Gasteiger partial charge in [0.25, 0.3) is 0 Å². The monoisotopic (exact) mass is 717 g/mol. The average Bonchev–Trinajstić information content (AvgIpc) is 3.27. The van der Waals surface area contributed by atoms with Crippen molar-refractivity contribution in [3.63, 3.8) is 0 Å². The molecule has 270 valence electrons. The van der Waals surface area contributed by atoms with Crippen LogP contribution in [0.1, 0.15) is 105 Å². The largest absolute Gasteiger partial charge is 1.00 e. The molecule has 4 nitrogen and oxygen atoms in total. The number of hydrogen-bond acceptors (Lipinski definition) is 4. The predicted molar refractivity (Wildman–Crippen MR) is 209 cm³/mol. The van der Waals surface area contributed by atoms with E-state index in [9.17, 15) is 0 Å². The Morgan fingerprint density at radius 3 is 0.830 bits per heavy atom.